The molecule has 0 spiro atoms. The quantitative estimate of drug-likeness (QED) is 0.622. The zero-order valence-electron chi connectivity index (χ0n) is 11.8. The smallest absolute Gasteiger partial charge is 0.314 e. The fourth-order valence-electron chi connectivity index (χ4n) is 2.75. The SMILES string of the molecule is CCCCNC(=O)NCC1(CC(=O)O)CCCCC1. The Kier molecular flexibility index (Phi) is 6.67. The second-order valence-corrected chi connectivity index (χ2v) is 5.59. The summed E-state index contributed by atoms with van der Waals surface area (Å²) in [6.07, 6.45) is 7.26. The molecule has 1 fully saturated rings. The lowest BCUT2D eigenvalue weighted by Crippen LogP contribution is -2.44. The summed E-state index contributed by atoms with van der Waals surface area (Å²) >= 11 is 0. The summed E-state index contributed by atoms with van der Waals surface area (Å²) in [5.41, 5.74) is -0.244. The molecule has 0 saturated heterocycles. The van der Waals surface area contributed by atoms with Gasteiger partial charge in [0.05, 0.1) is 6.42 Å². The Morgan fingerprint density at radius 3 is 2.42 bits per heavy atom. The maximum Gasteiger partial charge on any atom is 0.314 e. The zero-order chi connectivity index (χ0) is 14.1. The van der Waals surface area contributed by atoms with Gasteiger partial charge in [-0.3, -0.25) is 4.79 Å². The first-order valence-corrected chi connectivity index (χ1v) is 7.31. The number of carboxylic acids is 1. The molecule has 0 radical (unpaired) electrons. The van der Waals surface area contributed by atoms with Crippen LogP contribution in [0, 0.1) is 5.41 Å². The van der Waals surface area contributed by atoms with Crippen molar-refractivity contribution in [1.82, 2.24) is 10.6 Å². The largest absolute Gasteiger partial charge is 0.481 e. The molecule has 3 N–H and O–H groups in total. The van der Waals surface area contributed by atoms with Gasteiger partial charge in [-0.2, -0.15) is 0 Å². The Bertz CT molecular complexity index is 299. The van der Waals surface area contributed by atoms with Crippen LogP contribution >= 0.6 is 0 Å². The first-order valence-electron chi connectivity index (χ1n) is 7.31. The number of carbonyl (C=O) groups excluding carboxylic acids is 1. The summed E-state index contributed by atoms with van der Waals surface area (Å²) in [6.45, 7) is 3.22. The van der Waals surface area contributed by atoms with Crippen LogP contribution in [-0.2, 0) is 4.79 Å². The number of hydrogen-bond acceptors (Lipinski definition) is 2. The molecular weight excluding hydrogens is 244 g/mol. The van der Waals surface area contributed by atoms with Crippen molar-refractivity contribution in [1.29, 1.82) is 0 Å². The van der Waals surface area contributed by atoms with Gasteiger partial charge in [0.1, 0.15) is 0 Å². The molecule has 0 aromatic carbocycles. The van der Waals surface area contributed by atoms with Gasteiger partial charge in [0, 0.05) is 13.1 Å². The van der Waals surface area contributed by atoms with Crippen LogP contribution < -0.4 is 10.6 Å². The Balaban J connectivity index is 2.40. The van der Waals surface area contributed by atoms with Gasteiger partial charge in [-0.05, 0) is 24.7 Å². The Morgan fingerprint density at radius 1 is 1.16 bits per heavy atom. The monoisotopic (exact) mass is 270 g/mol. The minimum absolute atomic E-state index is 0.155. The van der Waals surface area contributed by atoms with Crippen molar-refractivity contribution in [2.24, 2.45) is 5.41 Å². The highest BCUT2D eigenvalue weighted by atomic mass is 16.4. The van der Waals surface area contributed by atoms with E-state index in [1.165, 1.54) is 6.42 Å². The minimum Gasteiger partial charge on any atom is -0.481 e. The number of aliphatic carboxylic acids is 1. The standard InChI is InChI=1S/C14H26N2O3/c1-2-3-9-15-13(19)16-11-14(10-12(17)18)7-5-4-6-8-14/h2-11H2,1H3,(H,17,18)(H2,15,16,19). The first-order chi connectivity index (χ1) is 9.08. The van der Waals surface area contributed by atoms with Gasteiger partial charge >= 0.3 is 12.0 Å². The molecule has 0 bridgehead atoms. The number of carboxylic acid groups (broad SMARTS) is 1. The highest BCUT2D eigenvalue weighted by molar-refractivity contribution is 5.74. The van der Waals surface area contributed by atoms with Crippen LogP contribution in [0.15, 0.2) is 0 Å². The topological polar surface area (TPSA) is 78.4 Å². The second-order valence-electron chi connectivity index (χ2n) is 5.59. The molecule has 5 heteroatoms. The molecule has 1 aliphatic carbocycles. The van der Waals surface area contributed by atoms with Gasteiger partial charge in [0.2, 0.25) is 0 Å². The van der Waals surface area contributed by atoms with E-state index < -0.39 is 5.97 Å². The predicted molar refractivity (Wildman–Crippen MR) is 74.1 cm³/mol. The third-order valence-corrected chi connectivity index (χ3v) is 3.88. The number of amides is 2. The van der Waals surface area contributed by atoms with E-state index in [1.54, 1.807) is 0 Å². The molecule has 0 aliphatic heterocycles. The highest BCUT2D eigenvalue weighted by Gasteiger charge is 2.34. The molecule has 2 amide bonds. The van der Waals surface area contributed by atoms with Crippen LogP contribution in [0.3, 0.4) is 0 Å². The fraction of sp³-hybridized carbons (Fsp3) is 0.857. The molecule has 19 heavy (non-hydrogen) atoms. The van der Waals surface area contributed by atoms with E-state index in [0.717, 1.165) is 38.5 Å². The average Bonchev–Trinajstić information content (AvgIpc) is 2.37. The van der Waals surface area contributed by atoms with Crippen LogP contribution in [-0.4, -0.2) is 30.2 Å². The van der Waals surface area contributed by atoms with Gasteiger partial charge in [-0.25, -0.2) is 4.79 Å². The molecule has 0 aromatic heterocycles. The van der Waals surface area contributed by atoms with E-state index >= 15 is 0 Å². The predicted octanol–water partition coefficient (Wildman–Crippen LogP) is 2.51. The van der Waals surface area contributed by atoms with Gasteiger partial charge < -0.3 is 15.7 Å². The Labute approximate surface area is 115 Å². The lowest BCUT2D eigenvalue weighted by Gasteiger charge is -2.36. The zero-order valence-corrected chi connectivity index (χ0v) is 11.8. The molecule has 0 heterocycles. The van der Waals surface area contributed by atoms with E-state index in [4.69, 9.17) is 5.11 Å². The Morgan fingerprint density at radius 2 is 1.84 bits per heavy atom. The number of nitrogens with one attached hydrogen (secondary N) is 2. The lowest BCUT2D eigenvalue weighted by atomic mass is 9.72. The van der Waals surface area contributed by atoms with Crippen molar-refractivity contribution >= 4 is 12.0 Å². The maximum atomic E-state index is 11.6. The Hall–Kier alpha value is -1.26. The van der Waals surface area contributed by atoms with Crippen LogP contribution in [0.1, 0.15) is 58.3 Å². The third kappa shape index (κ3) is 5.94. The van der Waals surface area contributed by atoms with E-state index in [1.807, 2.05) is 0 Å². The molecule has 5 nitrogen and oxygen atoms in total. The number of unbranched alkanes of at least 4 members (excludes halogenated alkanes) is 1. The van der Waals surface area contributed by atoms with Crippen molar-refractivity contribution in [3.8, 4) is 0 Å². The maximum absolute atomic E-state index is 11.6. The number of hydrogen-bond donors (Lipinski definition) is 3. The second kappa shape index (κ2) is 8.02. The van der Waals surface area contributed by atoms with Crippen molar-refractivity contribution in [3.05, 3.63) is 0 Å². The van der Waals surface area contributed by atoms with Gasteiger partial charge in [-0.15, -0.1) is 0 Å². The highest BCUT2D eigenvalue weighted by Crippen LogP contribution is 2.38. The normalized spacial score (nSPS) is 17.7. The fourth-order valence-corrected chi connectivity index (χ4v) is 2.75. The molecule has 1 rings (SSSR count). The molecular formula is C14H26N2O3. The lowest BCUT2D eigenvalue weighted by molar-refractivity contribution is -0.140. The van der Waals surface area contributed by atoms with E-state index in [-0.39, 0.29) is 17.9 Å². The summed E-state index contributed by atoms with van der Waals surface area (Å²) in [5.74, 6) is -0.768. The molecule has 0 atom stereocenters. The van der Waals surface area contributed by atoms with Crippen molar-refractivity contribution < 1.29 is 14.7 Å². The third-order valence-electron chi connectivity index (χ3n) is 3.88. The average molecular weight is 270 g/mol. The van der Waals surface area contributed by atoms with Crippen molar-refractivity contribution in [3.63, 3.8) is 0 Å². The van der Waals surface area contributed by atoms with Crippen molar-refractivity contribution in [2.45, 2.75) is 58.3 Å². The van der Waals surface area contributed by atoms with Crippen LogP contribution in [0.4, 0.5) is 4.79 Å². The van der Waals surface area contributed by atoms with Gasteiger partial charge in [-0.1, -0.05) is 32.6 Å². The molecule has 1 saturated carbocycles. The van der Waals surface area contributed by atoms with Gasteiger partial charge in [0.15, 0.2) is 0 Å². The molecule has 1 aliphatic rings. The van der Waals surface area contributed by atoms with E-state index in [9.17, 15) is 9.59 Å². The minimum atomic E-state index is -0.768. The number of urea groups is 1. The number of carbonyl (C=O) groups is 2. The summed E-state index contributed by atoms with van der Waals surface area (Å²) in [6, 6.07) is -0.177. The molecule has 110 valence electrons. The molecule has 0 aromatic rings. The van der Waals surface area contributed by atoms with Gasteiger partial charge in [0.25, 0.3) is 0 Å². The number of rotatable bonds is 7. The molecule has 0 unspecified atom stereocenters. The van der Waals surface area contributed by atoms with Crippen LogP contribution in [0.25, 0.3) is 0 Å². The van der Waals surface area contributed by atoms with E-state index in [2.05, 4.69) is 17.6 Å². The van der Waals surface area contributed by atoms with Crippen LogP contribution in [0.5, 0.6) is 0 Å². The summed E-state index contributed by atoms with van der Waals surface area (Å²) in [4.78, 5) is 22.6. The van der Waals surface area contributed by atoms with Crippen LogP contribution in [0.2, 0.25) is 0 Å². The van der Waals surface area contributed by atoms with Crippen molar-refractivity contribution in [2.75, 3.05) is 13.1 Å². The summed E-state index contributed by atoms with van der Waals surface area (Å²) in [7, 11) is 0. The summed E-state index contributed by atoms with van der Waals surface area (Å²) < 4.78 is 0. The first kappa shape index (κ1) is 15.8. The van der Waals surface area contributed by atoms with E-state index in [0.29, 0.717) is 13.1 Å². The summed E-state index contributed by atoms with van der Waals surface area (Å²) in [5, 5.41) is 14.7.